The Morgan fingerprint density at radius 2 is 1.23 bits per heavy atom. The van der Waals surface area contributed by atoms with Crippen molar-refractivity contribution in [3.63, 3.8) is 0 Å². The molecule has 0 amide bonds. The molecule has 0 spiro atoms. The molecule has 246 valence electrons. The van der Waals surface area contributed by atoms with E-state index in [0.29, 0.717) is 11.8 Å². The van der Waals surface area contributed by atoms with Gasteiger partial charge in [-0.2, -0.15) is 8.78 Å². The van der Waals surface area contributed by atoms with Crippen LogP contribution in [0.25, 0.3) is 0 Å². The predicted molar refractivity (Wildman–Crippen MR) is 177 cm³/mol. The second-order valence-corrected chi connectivity index (χ2v) is 16.8. The van der Waals surface area contributed by atoms with Gasteiger partial charge in [-0.15, -0.1) is 0 Å². The van der Waals surface area contributed by atoms with Gasteiger partial charge in [0.1, 0.15) is 0 Å². The fraction of sp³-hybridized carbons (Fsp3) is 0.342. The average Bonchev–Trinajstić information content (AvgIpc) is 3.05. The van der Waals surface area contributed by atoms with Crippen LogP contribution in [0.2, 0.25) is 0 Å². The van der Waals surface area contributed by atoms with E-state index in [1.54, 1.807) is 0 Å². The van der Waals surface area contributed by atoms with E-state index in [1.165, 1.54) is 20.2 Å². The molecular weight excluding hydrogens is 639 g/mol. The molecular formula is C38H38F2O5S2. The molecule has 0 aliphatic heterocycles. The monoisotopic (exact) mass is 676 g/mol. The molecule has 4 fully saturated rings. The van der Waals surface area contributed by atoms with Gasteiger partial charge in [0.25, 0.3) is 0 Å². The molecule has 4 aromatic carbocycles. The molecule has 8 rings (SSSR count). The smallest absolute Gasteiger partial charge is 0.428 e. The molecule has 5 nitrogen and oxygen atoms in total. The number of aryl methyl sites for hydroxylation is 1. The average molecular weight is 677 g/mol. The second kappa shape index (κ2) is 13.2. The normalized spacial score (nSPS) is 24.8. The van der Waals surface area contributed by atoms with Gasteiger partial charge in [0.2, 0.25) is 0 Å². The van der Waals surface area contributed by atoms with Gasteiger partial charge in [-0.25, -0.2) is 13.2 Å². The van der Waals surface area contributed by atoms with Crippen LogP contribution in [-0.2, 0) is 36.0 Å². The molecule has 4 saturated carbocycles. The van der Waals surface area contributed by atoms with Crippen LogP contribution < -0.4 is 0 Å². The van der Waals surface area contributed by atoms with Crippen molar-refractivity contribution in [1.29, 1.82) is 0 Å². The molecule has 4 bridgehead atoms. The number of hydrogen-bond donors (Lipinski definition) is 0. The van der Waals surface area contributed by atoms with E-state index in [9.17, 15) is 26.5 Å². The number of ether oxygens (including phenoxy) is 1. The summed E-state index contributed by atoms with van der Waals surface area (Å²) in [6, 6.07) is 40.5. The molecule has 4 aromatic rings. The molecule has 2 atom stereocenters. The second-order valence-electron chi connectivity index (χ2n) is 13.4. The lowest BCUT2D eigenvalue weighted by Gasteiger charge is -2.62. The Kier molecular flexibility index (Phi) is 9.35. The topological polar surface area (TPSA) is 83.5 Å². The number of esters is 1. The first-order valence-corrected chi connectivity index (χ1v) is 18.5. The zero-order chi connectivity index (χ0) is 33.3. The van der Waals surface area contributed by atoms with E-state index in [-0.39, 0.29) is 22.9 Å². The molecule has 2 unspecified atom stereocenters. The van der Waals surface area contributed by atoms with Crippen LogP contribution in [0, 0.1) is 24.2 Å². The Morgan fingerprint density at radius 1 is 0.787 bits per heavy atom. The Balaban J connectivity index is 0.000000177. The van der Waals surface area contributed by atoms with E-state index in [1.807, 2.05) is 6.92 Å². The fourth-order valence-corrected chi connectivity index (χ4v) is 10.7. The minimum atomic E-state index is -6.10. The first-order chi connectivity index (χ1) is 22.4. The van der Waals surface area contributed by atoms with Crippen LogP contribution in [0.4, 0.5) is 8.78 Å². The van der Waals surface area contributed by atoms with Gasteiger partial charge < -0.3 is 9.29 Å². The van der Waals surface area contributed by atoms with Crippen LogP contribution in [0.15, 0.2) is 130 Å². The molecule has 0 radical (unpaired) electrons. The van der Waals surface area contributed by atoms with E-state index in [2.05, 4.69) is 115 Å². The summed E-state index contributed by atoms with van der Waals surface area (Å²) in [7, 11) is -6.11. The molecule has 0 saturated heterocycles. The molecule has 9 heteroatoms. The lowest BCUT2D eigenvalue weighted by atomic mass is 9.43. The maximum absolute atomic E-state index is 13.5. The molecule has 4 aliphatic rings. The van der Waals surface area contributed by atoms with Crippen molar-refractivity contribution in [2.24, 2.45) is 17.3 Å². The van der Waals surface area contributed by atoms with Crippen LogP contribution >= 0.6 is 0 Å². The van der Waals surface area contributed by atoms with Gasteiger partial charge in [0.05, 0.1) is 17.5 Å². The highest BCUT2D eigenvalue weighted by molar-refractivity contribution is 7.97. The Bertz CT molecular complexity index is 1670. The molecule has 4 aliphatic carbocycles. The van der Waals surface area contributed by atoms with Crippen molar-refractivity contribution in [1.82, 2.24) is 0 Å². The third kappa shape index (κ3) is 7.03. The number of hydrogen-bond acceptors (Lipinski definition) is 5. The first-order valence-electron chi connectivity index (χ1n) is 15.9. The number of benzene rings is 4. The van der Waals surface area contributed by atoms with Crippen LogP contribution in [0.5, 0.6) is 0 Å². The van der Waals surface area contributed by atoms with Crippen molar-refractivity contribution >= 4 is 27.0 Å². The first kappa shape index (κ1) is 33.4. The number of carbonyl (C=O) groups excluding carboxylic acids is 1. The van der Waals surface area contributed by atoms with Crippen molar-refractivity contribution in [2.45, 2.75) is 70.8 Å². The molecule has 0 heterocycles. The van der Waals surface area contributed by atoms with E-state index in [0.717, 1.165) is 44.1 Å². The minimum absolute atomic E-state index is 0.0146. The zero-order valence-electron chi connectivity index (χ0n) is 26.2. The minimum Gasteiger partial charge on any atom is -0.743 e. The number of carbonyl (C=O) groups is 1. The lowest BCUT2D eigenvalue weighted by Crippen LogP contribution is -2.56. The van der Waals surface area contributed by atoms with Gasteiger partial charge in [-0.05, 0) is 105 Å². The fourth-order valence-electron chi connectivity index (χ4n) is 8.35. The van der Waals surface area contributed by atoms with E-state index < -0.39 is 26.8 Å². The van der Waals surface area contributed by atoms with Crippen LogP contribution in [0.3, 0.4) is 0 Å². The number of alkyl halides is 2. The lowest BCUT2D eigenvalue weighted by molar-refractivity contribution is -0.173. The van der Waals surface area contributed by atoms with Gasteiger partial charge in [0.15, 0.2) is 24.8 Å². The third-order valence-electron chi connectivity index (χ3n) is 9.84. The highest BCUT2D eigenvalue weighted by Gasteiger charge is 2.59. The Morgan fingerprint density at radius 3 is 1.66 bits per heavy atom. The Labute approximate surface area is 278 Å². The van der Waals surface area contributed by atoms with Crippen LogP contribution in [-0.4, -0.2) is 30.8 Å². The zero-order valence-corrected chi connectivity index (χ0v) is 27.8. The third-order valence-corrected chi connectivity index (χ3v) is 12.9. The van der Waals surface area contributed by atoms with Gasteiger partial charge in [0, 0.05) is 5.41 Å². The number of halogens is 2. The highest BCUT2D eigenvalue weighted by Crippen LogP contribution is 2.65. The summed E-state index contributed by atoms with van der Waals surface area (Å²) in [6.45, 7) is 1.76. The summed E-state index contributed by atoms with van der Waals surface area (Å²) in [5.74, 6) is -1.39. The molecule has 47 heavy (non-hydrogen) atoms. The number of rotatable bonds is 8. The maximum atomic E-state index is 13.5. The SMILES string of the molecule is Cc1ccc(C23CC4CC(CC(COC(=O)C(F)(F)S(=O)(=O)[O-])(C4)C2)C3)cc1.c1ccc([S+](c2ccccc2)c2ccccc2)cc1. The molecule has 0 N–H and O–H groups in total. The van der Waals surface area contributed by atoms with Gasteiger partial charge in [-0.1, -0.05) is 84.4 Å². The van der Waals surface area contributed by atoms with E-state index in [4.69, 9.17) is 4.74 Å². The van der Waals surface area contributed by atoms with Crippen molar-refractivity contribution in [2.75, 3.05) is 6.61 Å². The summed E-state index contributed by atoms with van der Waals surface area (Å²) >= 11 is 0. The van der Waals surface area contributed by atoms with Gasteiger partial charge >= 0.3 is 11.2 Å². The van der Waals surface area contributed by atoms with Crippen LogP contribution in [0.1, 0.15) is 49.7 Å². The summed E-state index contributed by atoms with van der Waals surface area (Å²) in [6.07, 6.45) is 5.44. The van der Waals surface area contributed by atoms with Crippen molar-refractivity contribution < 1.29 is 31.3 Å². The molecule has 0 aromatic heterocycles. The van der Waals surface area contributed by atoms with Crippen molar-refractivity contribution in [3.05, 3.63) is 126 Å². The predicted octanol–water partition coefficient (Wildman–Crippen LogP) is 8.30. The summed E-state index contributed by atoms with van der Waals surface area (Å²) in [5, 5.41) is -5.05. The maximum Gasteiger partial charge on any atom is 0.428 e. The quantitative estimate of drug-likeness (QED) is 0.107. The van der Waals surface area contributed by atoms with Crippen molar-refractivity contribution in [3.8, 4) is 0 Å². The summed E-state index contributed by atoms with van der Waals surface area (Å²) in [5.41, 5.74) is 1.90. The standard InChI is InChI=1S/C20H24F2O5S.C18H15S/c1-13-2-4-16(5-3-13)19-9-14-6-15(10-19)8-18(7-14,11-19)12-27-17(23)20(21,22)28(24,25)26;1-4-10-16(11-5-1)19(17-12-6-2-7-13-17)18-14-8-3-9-15-18/h2-5,14-15H,6-12H2,1H3,(H,24,25,26);1-15H/q;+1/p-1. The highest BCUT2D eigenvalue weighted by atomic mass is 32.2. The largest absolute Gasteiger partial charge is 0.743 e. The van der Waals surface area contributed by atoms with Gasteiger partial charge in [-0.3, -0.25) is 0 Å². The summed E-state index contributed by atoms with van der Waals surface area (Å²) in [4.78, 5) is 15.7. The van der Waals surface area contributed by atoms with E-state index >= 15 is 0 Å². The Hall–Kier alpha value is -3.53. The summed E-state index contributed by atoms with van der Waals surface area (Å²) < 4.78 is 63.7.